The SMILES string of the molecule is CCCN(CC(=O)OC)C(=O)C=Cc1cccs1. The number of carbonyl (C=O) groups excluding carboxylic acids is 2. The van der Waals surface area contributed by atoms with Crippen LogP contribution in [0.1, 0.15) is 18.2 Å². The summed E-state index contributed by atoms with van der Waals surface area (Å²) in [5.74, 6) is -0.572. The third kappa shape index (κ3) is 4.71. The summed E-state index contributed by atoms with van der Waals surface area (Å²) in [5.41, 5.74) is 0. The molecule has 0 spiro atoms. The molecule has 0 N–H and O–H groups in total. The number of nitrogens with zero attached hydrogens (tertiary/aromatic N) is 1. The van der Waals surface area contributed by atoms with Crippen LogP contribution in [0.25, 0.3) is 6.08 Å². The Hall–Kier alpha value is -1.62. The Balaban J connectivity index is 2.61. The van der Waals surface area contributed by atoms with Gasteiger partial charge >= 0.3 is 5.97 Å². The molecule has 0 unspecified atom stereocenters. The van der Waals surface area contributed by atoms with Gasteiger partial charge in [0.25, 0.3) is 0 Å². The Morgan fingerprint density at radius 3 is 2.83 bits per heavy atom. The van der Waals surface area contributed by atoms with E-state index in [9.17, 15) is 9.59 Å². The summed E-state index contributed by atoms with van der Waals surface area (Å²) in [6, 6.07) is 3.85. The largest absolute Gasteiger partial charge is 0.468 e. The number of esters is 1. The number of hydrogen-bond donors (Lipinski definition) is 0. The maximum absolute atomic E-state index is 11.9. The maximum atomic E-state index is 11.9. The standard InChI is InChI=1S/C13H17NO3S/c1-3-8-14(10-13(16)17-2)12(15)7-6-11-5-4-9-18-11/h4-7,9H,3,8,10H2,1-2H3. The second-order valence-electron chi connectivity index (χ2n) is 3.68. The van der Waals surface area contributed by atoms with Crippen molar-refractivity contribution in [3.8, 4) is 0 Å². The van der Waals surface area contributed by atoms with E-state index in [-0.39, 0.29) is 12.5 Å². The van der Waals surface area contributed by atoms with Gasteiger partial charge in [0.15, 0.2) is 0 Å². The van der Waals surface area contributed by atoms with Crippen molar-refractivity contribution >= 4 is 29.3 Å². The molecule has 0 radical (unpaired) electrons. The van der Waals surface area contributed by atoms with E-state index >= 15 is 0 Å². The first kappa shape index (κ1) is 14.4. The van der Waals surface area contributed by atoms with Crippen LogP contribution in [0.15, 0.2) is 23.6 Å². The zero-order chi connectivity index (χ0) is 13.4. The Kier molecular flexibility index (Phi) is 6.14. The lowest BCUT2D eigenvalue weighted by molar-refractivity contribution is -0.145. The van der Waals surface area contributed by atoms with E-state index in [2.05, 4.69) is 4.74 Å². The fraction of sp³-hybridized carbons (Fsp3) is 0.385. The number of methoxy groups -OCH3 is 1. The molecule has 0 aliphatic carbocycles. The van der Waals surface area contributed by atoms with Crippen molar-refractivity contribution in [2.45, 2.75) is 13.3 Å². The molecule has 1 heterocycles. The van der Waals surface area contributed by atoms with Crippen LogP contribution in [0.2, 0.25) is 0 Å². The van der Waals surface area contributed by atoms with Crippen LogP contribution in [0, 0.1) is 0 Å². The zero-order valence-electron chi connectivity index (χ0n) is 10.6. The highest BCUT2D eigenvalue weighted by Crippen LogP contribution is 2.10. The van der Waals surface area contributed by atoms with Crippen LogP contribution in [-0.2, 0) is 14.3 Å². The molecule has 0 aliphatic heterocycles. The quantitative estimate of drug-likeness (QED) is 0.586. The van der Waals surface area contributed by atoms with Gasteiger partial charge in [-0.25, -0.2) is 0 Å². The van der Waals surface area contributed by atoms with Gasteiger partial charge in [0.1, 0.15) is 6.54 Å². The van der Waals surface area contributed by atoms with Crippen LogP contribution in [0.5, 0.6) is 0 Å². The summed E-state index contributed by atoms with van der Waals surface area (Å²) < 4.78 is 4.57. The minimum atomic E-state index is -0.402. The van der Waals surface area contributed by atoms with E-state index in [1.807, 2.05) is 24.4 Å². The molecule has 0 bridgehead atoms. The number of thiophene rings is 1. The fourth-order valence-electron chi connectivity index (χ4n) is 1.40. The highest BCUT2D eigenvalue weighted by atomic mass is 32.1. The lowest BCUT2D eigenvalue weighted by Gasteiger charge is -2.18. The van der Waals surface area contributed by atoms with Gasteiger partial charge in [-0.05, 0) is 23.9 Å². The fourth-order valence-corrected chi connectivity index (χ4v) is 2.02. The molecule has 0 aliphatic rings. The Labute approximate surface area is 111 Å². The molecule has 0 fully saturated rings. The average Bonchev–Trinajstić information content (AvgIpc) is 2.88. The molecule has 1 rings (SSSR count). The van der Waals surface area contributed by atoms with Crippen LogP contribution < -0.4 is 0 Å². The van der Waals surface area contributed by atoms with E-state index in [1.165, 1.54) is 18.1 Å². The van der Waals surface area contributed by atoms with E-state index in [0.717, 1.165) is 11.3 Å². The molecule has 0 aromatic carbocycles. The highest BCUT2D eigenvalue weighted by molar-refractivity contribution is 7.10. The smallest absolute Gasteiger partial charge is 0.325 e. The summed E-state index contributed by atoms with van der Waals surface area (Å²) in [6.07, 6.45) is 4.05. The lowest BCUT2D eigenvalue weighted by Crippen LogP contribution is -2.35. The third-order valence-electron chi connectivity index (χ3n) is 2.29. The van der Waals surface area contributed by atoms with E-state index < -0.39 is 5.97 Å². The van der Waals surface area contributed by atoms with E-state index in [0.29, 0.717) is 6.54 Å². The van der Waals surface area contributed by atoms with Crippen molar-refractivity contribution in [2.75, 3.05) is 20.2 Å². The number of ether oxygens (including phenoxy) is 1. The monoisotopic (exact) mass is 267 g/mol. The molecule has 0 saturated carbocycles. The lowest BCUT2D eigenvalue weighted by atomic mass is 10.3. The topological polar surface area (TPSA) is 46.6 Å². The van der Waals surface area contributed by atoms with Crippen molar-refractivity contribution in [2.24, 2.45) is 0 Å². The summed E-state index contributed by atoms with van der Waals surface area (Å²) in [7, 11) is 1.32. The van der Waals surface area contributed by atoms with Crippen LogP contribution in [0.3, 0.4) is 0 Å². The van der Waals surface area contributed by atoms with Crippen LogP contribution in [-0.4, -0.2) is 37.0 Å². The van der Waals surface area contributed by atoms with Crippen molar-refractivity contribution in [3.63, 3.8) is 0 Å². The Morgan fingerprint density at radius 2 is 2.28 bits per heavy atom. The number of rotatable bonds is 6. The predicted molar refractivity (Wildman–Crippen MR) is 72.2 cm³/mol. The number of hydrogen-bond acceptors (Lipinski definition) is 4. The number of amides is 1. The first-order valence-electron chi connectivity index (χ1n) is 5.74. The minimum Gasteiger partial charge on any atom is -0.468 e. The Morgan fingerprint density at radius 1 is 1.50 bits per heavy atom. The van der Waals surface area contributed by atoms with Crippen LogP contribution >= 0.6 is 11.3 Å². The highest BCUT2D eigenvalue weighted by Gasteiger charge is 2.14. The summed E-state index contributed by atoms with van der Waals surface area (Å²) in [5, 5.41) is 1.95. The molecular weight excluding hydrogens is 250 g/mol. The van der Waals surface area contributed by atoms with Gasteiger partial charge in [-0.1, -0.05) is 13.0 Å². The normalized spacial score (nSPS) is 10.6. The molecule has 5 heteroatoms. The number of carbonyl (C=O) groups is 2. The molecular formula is C13H17NO3S. The summed E-state index contributed by atoms with van der Waals surface area (Å²) in [6.45, 7) is 2.50. The van der Waals surface area contributed by atoms with E-state index in [1.54, 1.807) is 17.4 Å². The third-order valence-corrected chi connectivity index (χ3v) is 3.12. The van der Waals surface area contributed by atoms with Gasteiger partial charge in [-0.3, -0.25) is 9.59 Å². The van der Waals surface area contributed by atoms with Gasteiger partial charge in [0, 0.05) is 17.5 Å². The average molecular weight is 267 g/mol. The molecule has 1 aromatic heterocycles. The Bertz CT molecular complexity index is 412. The molecule has 4 nitrogen and oxygen atoms in total. The molecule has 0 atom stereocenters. The van der Waals surface area contributed by atoms with E-state index in [4.69, 9.17) is 0 Å². The summed E-state index contributed by atoms with van der Waals surface area (Å²) in [4.78, 5) is 25.6. The van der Waals surface area contributed by atoms with Gasteiger partial charge in [-0.15, -0.1) is 11.3 Å². The van der Waals surface area contributed by atoms with Gasteiger partial charge in [0.2, 0.25) is 5.91 Å². The van der Waals surface area contributed by atoms with Crippen molar-refractivity contribution in [1.82, 2.24) is 4.90 Å². The van der Waals surface area contributed by atoms with Crippen LogP contribution in [0.4, 0.5) is 0 Å². The minimum absolute atomic E-state index is 0.00203. The molecule has 1 aromatic rings. The van der Waals surface area contributed by atoms with Gasteiger partial charge in [0.05, 0.1) is 7.11 Å². The molecule has 1 amide bonds. The second kappa shape index (κ2) is 7.66. The van der Waals surface area contributed by atoms with Gasteiger partial charge < -0.3 is 9.64 Å². The molecule has 18 heavy (non-hydrogen) atoms. The summed E-state index contributed by atoms with van der Waals surface area (Å²) >= 11 is 1.56. The van der Waals surface area contributed by atoms with Crippen molar-refractivity contribution < 1.29 is 14.3 Å². The molecule has 98 valence electrons. The van der Waals surface area contributed by atoms with Gasteiger partial charge in [-0.2, -0.15) is 0 Å². The maximum Gasteiger partial charge on any atom is 0.325 e. The zero-order valence-corrected chi connectivity index (χ0v) is 11.4. The second-order valence-corrected chi connectivity index (χ2v) is 4.66. The first-order valence-corrected chi connectivity index (χ1v) is 6.62. The first-order chi connectivity index (χ1) is 8.67. The predicted octanol–water partition coefficient (Wildman–Crippen LogP) is 2.17. The van der Waals surface area contributed by atoms with Crippen molar-refractivity contribution in [3.05, 3.63) is 28.5 Å². The van der Waals surface area contributed by atoms with Crippen molar-refractivity contribution in [1.29, 1.82) is 0 Å². The molecule has 0 saturated heterocycles.